The lowest BCUT2D eigenvalue weighted by molar-refractivity contribution is -0.141. The number of carbonyl (C=O) groups is 2. The fraction of sp³-hybridized carbons (Fsp3) is 0.400. The molecule has 0 radical (unpaired) electrons. The topological polar surface area (TPSA) is 86.8 Å². The van der Waals surface area contributed by atoms with E-state index in [4.69, 9.17) is 0 Å². The number of amides is 2. The van der Waals surface area contributed by atoms with Crippen LogP contribution in [-0.2, 0) is 26.2 Å². The van der Waals surface area contributed by atoms with Gasteiger partial charge in [0.2, 0.25) is 11.8 Å². The van der Waals surface area contributed by atoms with Gasteiger partial charge in [-0.1, -0.05) is 71.6 Å². The lowest BCUT2D eigenvalue weighted by Crippen LogP contribution is -2.50. The maximum Gasteiger partial charge on any atom is 0.265 e. The summed E-state index contributed by atoms with van der Waals surface area (Å²) in [4.78, 5) is 28.7. The van der Waals surface area contributed by atoms with Crippen LogP contribution >= 0.6 is 15.9 Å². The molecule has 1 N–H and O–H groups in total. The molecule has 7 nitrogen and oxygen atoms in total. The predicted octanol–water partition coefficient (Wildman–Crippen LogP) is 5.76. The molecule has 1 saturated carbocycles. The van der Waals surface area contributed by atoms with Gasteiger partial charge in [0, 0.05) is 35.4 Å². The van der Waals surface area contributed by atoms with Gasteiger partial charge in [0.25, 0.3) is 10.0 Å². The monoisotopic (exact) mass is 611 g/mol. The molecule has 1 aliphatic carbocycles. The van der Waals surface area contributed by atoms with Crippen LogP contribution < -0.4 is 9.62 Å². The minimum Gasteiger partial charge on any atom is -0.352 e. The van der Waals surface area contributed by atoms with E-state index in [0.717, 1.165) is 46.5 Å². The highest BCUT2D eigenvalue weighted by molar-refractivity contribution is 9.10. The molecule has 1 fully saturated rings. The Balaban J connectivity index is 1.29. The van der Waals surface area contributed by atoms with Crippen LogP contribution in [0.1, 0.15) is 57.4 Å². The summed E-state index contributed by atoms with van der Waals surface area (Å²) in [6.45, 7) is 2.27. The minimum atomic E-state index is -3.68. The van der Waals surface area contributed by atoms with Crippen LogP contribution in [0, 0.1) is 0 Å². The van der Waals surface area contributed by atoms with E-state index in [-0.39, 0.29) is 30.8 Å². The van der Waals surface area contributed by atoms with Gasteiger partial charge in [-0.3, -0.25) is 13.9 Å². The fourth-order valence-electron chi connectivity index (χ4n) is 5.65. The highest BCUT2D eigenvalue weighted by Gasteiger charge is 2.35. The zero-order valence-corrected chi connectivity index (χ0v) is 24.5. The smallest absolute Gasteiger partial charge is 0.265 e. The summed E-state index contributed by atoms with van der Waals surface area (Å²) in [5.74, 6) is -0.312. The van der Waals surface area contributed by atoms with E-state index in [1.54, 1.807) is 24.0 Å². The second kappa shape index (κ2) is 11.7. The van der Waals surface area contributed by atoms with Crippen molar-refractivity contribution in [2.24, 2.45) is 0 Å². The molecule has 0 bridgehead atoms. The predicted molar refractivity (Wildman–Crippen MR) is 157 cm³/mol. The number of hydrogen-bond donors (Lipinski definition) is 1. The lowest BCUT2D eigenvalue weighted by atomic mass is 9.95. The van der Waals surface area contributed by atoms with Gasteiger partial charge in [0.1, 0.15) is 6.04 Å². The highest BCUT2D eigenvalue weighted by atomic mass is 79.9. The zero-order chi connectivity index (χ0) is 27.6. The van der Waals surface area contributed by atoms with Crippen molar-refractivity contribution in [3.05, 3.63) is 70.7 Å². The molecule has 0 spiro atoms. The summed E-state index contributed by atoms with van der Waals surface area (Å²) in [7, 11) is -3.68. The molecule has 0 saturated heterocycles. The van der Waals surface area contributed by atoms with Crippen molar-refractivity contribution in [1.82, 2.24) is 10.2 Å². The third-order valence-corrected chi connectivity index (χ3v) is 10.2. The Morgan fingerprint density at radius 2 is 1.72 bits per heavy atom. The van der Waals surface area contributed by atoms with Crippen LogP contribution in [0.4, 0.5) is 5.69 Å². The summed E-state index contributed by atoms with van der Waals surface area (Å²) < 4.78 is 29.0. The van der Waals surface area contributed by atoms with Crippen LogP contribution in [0.3, 0.4) is 0 Å². The molecule has 1 heterocycles. The largest absolute Gasteiger partial charge is 0.352 e. The molecular formula is C30H34BrN3O4S. The number of hydrogen-bond acceptors (Lipinski definition) is 4. The van der Waals surface area contributed by atoms with E-state index in [2.05, 4.69) is 21.2 Å². The molecule has 9 heteroatoms. The second-order valence-corrected chi connectivity index (χ2v) is 13.2. The third kappa shape index (κ3) is 5.84. The standard InChI is InChI=1S/C30H34BrN3O4S/c1-21(30(36)32-25-10-3-2-4-11-25)33(20-22-15-17-24(31)18-16-22)28(35)14-7-19-34-26-12-5-8-23-9-6-13-27(29(23)26)39(34,37)38/h5-6,8-9,12-13,15-18,21,25H,2-4,7,10-11,14,19-20H2,1H3,(H,32,36)/t21-/m0/s1. The Morgan fingerprint density at radius 3 is 2.44 bits per heavy atom. The first-order valence-corrected chi connectivity index (χ1v) is 15.9. The minimum absolute atomic E-state index is 0.135. The number of anilines is 1. The summed E-state index contributed by atoms with van der Waals surface area (Å²) in [6, 6.07) is 18.1. The van der Waals surface area contributed by atoms with E-state index in [1.807, 2.05) is 48.5 Å². The van der Waals surface area contributed by atoms with Gasteiger partial charge in [-0.25, -0.2) is 8.42 Å². The van der Waals surface area contributed by atoms with Gasteiger partial charge in [0.05, 0.1) is 10.6 Å². The molecule has 39 heavy (non-hydrogen) atoms. The normalized spacial score (nSPS) is 17.2. The first-order valence-electron chi connectivity index (χ1n) is 13.6. The van der Waals surface area contributed by atoms with Crippen LogP contribution in [-0.4, -0.2) is 43.8 Å². The van der Waals surface area contributed by atoms with Crippen molar-refractivity contribution in [2.75, 3.05) is 10.8 Å². The van der Waals surface area contributed by atoms with Gasteiger partial charge in [-0.05, 0) is 61.4 Å². The van der Waals surface area contributed by atoms with Gasteiger partial charge < -0.3 is 10.2 Å². The molecule has 0 unspecified atom stereocenters. The zero-order valence-electron chi connectivity index (χ0n) is 22.1. The molecule has 0 aromatic heterocycles. The average Bonchev–Trinajstić information content (AvgIpc) is 3.16. The van der Waals surface area contributed by atoms with E-state index in [0.29, 0.717) is 23.5 Å². The summed E-state index contributed by atoms with van der Waals surface area (Å²) in [5, 5.41) is 4.77. The Bertz CT molecular complexity index is 1460. The average molecular weight is 613 g/mol. The van der Waals surface area contributed by atoms with Gasteiger partial charge >= 0.3 is 0 Å². The first kappa shape index (κ1) is 27.6. The van der Waals surface area contributed by atoms with Crippen LogP contribution in [0.2, 0.25) is 0 Å². The Morgan fingerprint density at radius 1 is 1.03 bits per heavy atom. The van der Waals surface area contributed by atoms with Crippen molar-refractivity contribution >= 4 is 54.2 Å². The number of rotatable bonds is 9. The number of nitrogens with one attached hydrogen (secondary N) is 1. The molecule has 206 valence electrons. The van der Waals surface area contributed by atoms with Crippen molar-refractivity contribution in [3.8, 4) is 0 Å². The number of benzene rings is 3. The van der Waals surface area contributed by atoms with Gasteiger partial charge in [0.15, 0.2) is 0 Å². The van der Waals surface area contributed by atoms with Crippen molar-refractivity contribution < 1.29 is 18.0 Å². The van der Waals surface area contributed by atoms with Gasteiger partial charge in [-0.2, -0.15) is 0 Å². The molecule has 2 aliphatic rings. The Hall–Kier alpha value is -2.91. The van der Waals surface area contributed by atoms with Crippen molar-refractivity contribution in [2.45, 2.75) is 75.4 Å². The number of nitrogens with zero attached hydrogens (tertiary/aromatic N) is 2. The summed E-state index contributed by atoms with van der Waals surface area (Å²) >= 11 is 3.45. The number of sulfonamides is 1. The van der Waals surface area contributed by atoms with E-state index >= 15 is 0 Å². The highest BCUT2D eigenvalue weighted by Crippen LogP contribution is 2.42. The first-order chi connectivity index (χ1) is 18.8. The number of halogens is 1. The molecule has 1 atom stereocenters. The Labute approximate surface area is 238 Å². The SMILES string of the molecule is C[C@@H](C(=O)NC1CCCCC1)N(Cc1ccc(Br)cc1)C(=O)CCCN1c2cccc3cccc(c23)S1(=O)=O. The van der Waals surface area contributed by atoms with E-state index in [9.17, 15) is 18.0 Å². The van der Waals surface area contributed by atoms with Crippen LogP contribution in [0.25, 0.3) is 10.8 Å². The molecule has 5 rings (SSSR count). The lowest BCUT2D eigenvalue weighted by Gasteiger charge is -2.31. The van der Waals surface area contributed by atoms with Gasteiger partial charge in [-0.15, -0.1) is 0 Å². The van der Waals surface area contributed by atoms with E-state index in [1.165, 1.54) is 10.7 Å². The quantitative estimate of drug-likeness (QED) is 0.333. The third-order valence-electron chi connectivity index (χ3n) is 7.82. The molecule has 2 amide bonds. The molecule has 3 aromatic rings. The molecular weight excluding hydrogens is 578 g/mol. The number of carbonyl (C=O) groups excluding carboxylic acids is 2. The fourth-order valence-corrected chi connectivity index (χ4v) is 7.67. The molecule has 1 aliphatic heterocycles. The summed E-state index contributed by atoms with van der Waals surface area (Å²) in [5.41, 5.74) is 1.58. The molecule has 3 aromatic carbocycles. The second-order valence-electron chi connectivity index (χ2n) is 10.5. The maximum atomic E-state index is 13.6. The Kier molecular flexibility index (Phi) is 8.28. The van der Waals surface area contributed by atoms with Crippen molar-refractivity contribution in [1.29, 1.82) is 0 Å². The van der Waals surface area contributed by atoms with Crippen LogP contribution in [0.15, 0.2) is 70.0 Å². The van der Waals surface area contributed by atoms with E-state index < -0.39 is 16.1 Å². The summed E-state index contributed by atoms with van der Waals surface area (Å²) in [6.07, 6.45) is 5.83. The van der Waals surface area contributed by atoms with Crippen LogP contribution in [0.5, 0.6) is 0 Å². The van der Waals surface area contributed by atoms with Crippen molar-refractivity contribution in [3.63, 3.8) is 0 Å². The maximum absolute atomic E-state index is 13.6.